The van der Waals surface area contributed by atoms with Gasteiger partial charge in [-0.25, -0.2) is 0 Å². The Morgan fingerprint density at radius 3 is 2.45 bits per heavy atom. The van der Waals surface area contributed by atoms with E-state index in [4.69, 9.17) is 18.6 Å². The third-order valence-corrected chi connectivity index (χ3v) is 5.20. The first-order chi connectivity index (χ1) is 14.8. The van der Waals surface area contributed by atoms with Crippen LogP contribution in [-0.4, -0.2) is 32.2 Å². The fourth-order valence-electron chi connectivity index (χ4n) is 3.24. The molecule has 1 unspecified atom stereocenters. The minimum absolute atomic E-state index is 0.0306. The third-order valence-electron chi connectivity index (χ3n) is 5.20. The van der Waals surface area contributed by atoms with Crippen molar-refractivity contribution >= 4 is 22.8 Å². The van der Waals surface area contributed by atoms with Gasteiger partial charge in [-0.1, -0.05) is 6.07 Å². The Bertz CT molecular complexity index is 1100. The number of hydrogen-bond donors (Lipinski definition) is 1. The van der Waals surface area contributed by atoms with E-state index in [2.05, 4.69) is 5.32 Å². The molecule has 7 heteroatoms. The van der Waals surface area contributed by atoms with Crippen molar-refractivity contribution in [3.8, 4) is 11.5 Å². The number of methoxy groups -OCH3 is 2. The van der Waals surface area contributed by atoms with Gasteiger partial charge in [0, 0.05) is 17.5 Å². The smallest absolute Gasteiger partial charge is 0.311 e. The van der Waals surface area contributed by atoms with Gasteiger partial charge in [0.1, 0.15) is 5.58 Å². The summed E-state index contributed by atoms with van der Waals surface area (Å²) in [7, 11) is 3.11. The number of amides is 1. The highest BCUT2D eigenvalue weighted by molar-refractivity contribution is 5.88. The van der Waals surface area contributed by atoms with Crippen LogP contribution in [0.4, 0.5) is 0 Å². The molecule has 1 aromatic heterocycles. The van der Waals surface area contributed by atoms with Gasteiger partial charge >= 0.3 is 5.97 Å². The lowest BCUT2D eigenvalue weighted by atomic mass is 10.0. The SMILES string of the molecule is COc1ccc(CNC(=O)C(C)OC(=O)Cc2coc3cc(C)c(C)cc23)cc1OC. The van der Waals surface area contributed by atoms with Crippen molar-refractivity contribution in [2.75, 3.05) is 14.2 Å². The number of furan rings is 1. The van der Waals surface area contributed by atoms with Crippen molar-refractivity contribution in [3.05, 3.63) is 58.8 Å². The first-order valence-electron chi connectivity index (χ1n) is 9.97. The van der Waals surface area contributed by atoms with Crippen LogP contribution in [0.15, 0.2) is 41.0 Å². The summed E-state index contributed by atoms with van der Waals surface area (Å²) in [6.07, 6.45) is 0.671. The van der Waals surface area contributed by atoms with E-state index in [0.29, 0.717) is 11.5 Å². The molecule has 1 heterocycles. The predicted molar refractivity (Wildman–Crippen MR) is 116 cm³/mol. The van der Waals surface area contributed by atoms with Gasteiger partial charge < -0.3 is 23.9 Å². The molecule has 1 amide bonds. The summed E-state index contributed by atoms with van der Waals surface area (Å²) in [5, 5.41) is 3.64. The molecule has 31 heavy (non-hydrogen) atoms. The van der Waals surface area contributed by atoms with Gasteiger partial charge in [-0.15, -0.1) is 0 Å². The molecule has 0 aliphatic rings. The molecular formula is C24H27NO6. The first kappa shape index (κ1) is 22.2. The van der Waals surface area contributed by atoms with Gasteiger partial charge in [-0.05, 0) is 61.7 Å². The number of carbonyl (C=O) groups is 2. The van der Waals surface area contributed by atoms with Gasteiger partial charge in [0.25, 0.3) is 5.91 Å². The Labute approximate surface area is 181 Å². The summed E-state index contributed by atoms with van der Waals surface area (Å²) in [6.45, 7) is 5.83. The van der Waals surface area contributed by atoms with Crippen molar-refractivity contribution in [1.29, 1.82) is 0 Å². The number of nitrogens with one attached hydrogen (secondary N) is 1. The lowest BCUT2D eigenvalue weighted by Crippen LogP contribution is -2.35. The van der Waals surface area contributed by atoms with Crippen molar-refractivity contribution < 1.29 is 28.2 Å². The van der Waals surface area contributed by atoms with Crippen LogP contribution in [0, 0.1) is 13.8 Å². The molecule has 3 rings (SSSR count). The van der Waals surface area contributed by atoms with Crippen LogP contribution in [-0.2, 0) is 27.3 Å². The van der Waals surface area contributed by atoms with E-state index in [0.717, 1.165) is 33.2 Å². The molecule has 0 aliphatic carbocycles. The summed E-state index contributed by atoms with van der Waals surface area (Å²) in [5.41, 5.74) is 4.54. The van der Waals surface area contributed by atoms with E-state index in [1.54, 1.807) is 39.5 Å². The molecule has 2 aromatic carbocycles. The summed E-state index contributed by atoms with van der Waals surface area (Å²) >= 11 is 0. The normalized spacial score (nSPS) is 11.8. The largest absolute Gasteiger partial charge is 0.493 e. The Morgan fingerprint density at radius 1 is 1.03 bits per heavy atom. The van der Waals surface area contributed by atoms with Gasteiger partial charge in [-0.3, -0.25) is 9.59 Å². The van der Waals surface area contributed by atoms with E-state index in [9.17, 15) is 9.59 Å². The van der Waals surface area contributed by atoms with Crippen molar-refractivity contribution in [2.24, 2.45) is 0 Å². The highest BCUT2D eigenvalue weighted by Gasteiger charge is 2.19. The molecule has 0 spiro atoms. The van der Waals surface area contributed by atoms with E-state index in [1.807, 2.05) is 32.0 Å². The molecule has 0 radical (unpaired) electrons. The number of aryl methyl sites for hydroxylation is 2. The molecule has 0 fully saturated rings. The van der Waals surface area contributed by atoms with Crippen LogP contribution < -0.4 is 14.8 Å². The summed E-state index contributed by atoms with van der Waals surface area (Å²) in [5.74, 6) is 0.310. The van der Waals surface area contributed by atoms with Crippen LogP contribution in [0.2, 0.25) is 0 Å². The van der Waals surface area contributed by atoms with Crippen LogP contribution >= 0.6 is 0 Å². The first-order valence-corrected chi connectivity index (χ1v) is 9.97. The molecule has 164 valence electrons. The summed E-state index contributed by atoms with van der Waals surface area (Å²) < 4.78 is 21.3. The van der Waals surface area contributed by atoms with E-state index in [-0.39, 0.29) is 18.9 Å². The Hall–Kier alpha value is -3.48. The maximum Gasteiger partial charge on any atom is 0.311 e. The number of benzene rings is 2. The molecule has 0 aliphatic heterocycles. The van der Waals surface area contributed by atoms with Gasteiger partial charge in [0.15, 0.2) is 17.6 Å². The number of carbonyl (C=O) groups excluding carboxylic acids is 2. The second-order valence-corrected chi connectivity index (χ2v) is 7.41. The maximum absolute atomic E-state index is 12.4. The Balaban J connectivity index is 1.56. The minimum atomic E-state index is -0.921. The monoisotopic (exact) mass is 425 g/mol. The molecule has 1 atom stereocenters. The molecule has 3 aromatic rings. The molecule has 0 bridgehead atoms. The second kappa shape index (κ2) is 9.55. The Kier molecular flexibility index (Phi) is 6.84. The molecular weight excluding hydrogens is 398 g/mol. The minimum Gasteiger partial charge on any atom is -0.493 e. The van der Waals surface area contributed by atoms with Crippen molar-refractivity contribution in [2.45, 2.75) is 39.8 Å². The average molecular weight is 425 g/mol. The summed E-state index contributed by atoms with van der Waals surface area (Å²) in [4.78, 5) is 24.7. The van der Waals surface area contributed by atoms with Crippen LogP contribution in [0.25, 0.3) is 11.0 Å². The fourth-order valence-corrected chi connectivity index (χ4v) is 3.24. The zero-order valence-corrected chi connectivity index (χ0v) is 18.4. The number of esters is 1. The number of fused-ring (bicyclic) bond motifs is 1. The van der Waals surface area contributed by atoms with Crippen LogP contribution in [0.5, 0.6) is 11.5 Å². The van der Waals surface area contributed by atoms with Crippen LogP contribution in [0.1, 0.15) is 29.2 Å². The molecule has 0 saturated heterocycles. The number of rotatable bonds is 8. The van der Waals surface area contributed by atoms with Gasteiger partial charge in [0.05, 0.1) is 26.9 Å². The fraction of sp³-hybridized carbons (Fsp3) is 0.333. The van der Waals surface area contributed by atoms with E-state index >= 15 is 0 Å². The zero-order chi connectivity index (χ0) is 22.5. The quantitative estimate of drug-likeness (QED) is 0.552. The summed E-state index contributed by atoms with van der Waals surface area (Å²) in [6, 6.07) is 9.32. The predicted octanol–water partition coefficient (Wildman–Crippen LogP) is 3.86. The number of ether oxygens (including phenoxy) is 3. The molecule has 7 nitrogen and oxygen atoms in total. The number of hydrogen-bond acceptors (Lipinski definition) is 6. The standard InChI is InChI=1S/C24H27NO6/c1-14-8-19-18(13-30-21(19)9-15(14)2)11-23(26)31-16(3)24(27)25-12-17-6-7-20(28-4)22(10-17)29-5/h6-10,13,16H,11-12H2,1-5H3,(H,25,27). The highest BCUT2D eigenvalue weighted by atomic mass is 16.5. The van der Waals surface area contributed by atoms with Gasteiger partial charge in [0.2, 0.25) is 0 Å². The molecule has 0 saturated carbocycles. The maximum atomic E-state index is 12.4. The average Bonchev–Trinajstić information content (AvgIpc) is 3.12. The van der Waals surface area contributed by atoms with E-state index in [1.165, 1.54) is 0 Å². The Morgan fingerprint density at radius 2 is 1.74 bits per heavy atom. The lowest BCUT2D eigenvalue weighted by Gasteiger charge is -2.14. The highest BCUT2D eigenvalue weighted by Crippen LogP contribution is 2.27. The van der Waals surface area contributed by atoms with Gasteiger partial charge in [-0.2, -0.15) is 0 Å². The van der Waals surface area contributed by atoms with Crippen LogP contribution in [0.3, 0.4) is 0 Å². The topological polar surface area (TPSA) is 87.0 Å². The van der Waals surface area contributed by atoms with Crippen molar-refractivity contribution in [1.82, 2.24) is 5.32 Å². The second-order valence-electron chi connectivity index (χ2n) is 7.41. The zero-order valence-electron chi connectivity index (χ0n) is 18.4. The lowest BCUT2D eigenvalue weighted by molar-refractivity contribution is -0.154. The van der Waals surface area contributed by atoms with Crippen molar-refractivity contribution in [3.63, 3.8) is 0 Å². The third kappa shape index (κ3) is 5.17. The molecule has 1 N–H and O–H groups in total. The van der Waals surface area contributed by atoms with E-state index < -0.39 is 12.1 Å².